The molecule has 12 heteroatoms. The molecule has 1 aliphatic carbocycles. The molecule has 2 aromatic heterocycles. The first-order valence-electron chi connectivity index (χ1n) is 16.5. The van der Waals surface area contributed by atoms with E-state index in [2.05, 4.69) is 15.3 Å². The third-order valence-corrected chi connectivity index (χ3v) is 10.2. The molecule has 0 unspecified atom stereocenters. The Morgan fingerprint density at radius 3 is 2.60 bits per heavy atom. The Balaban J connectivity index is 1.24. The van der Waals surface area contributed by atoms with Gasteiger partial charge in [-0.1, -0.05) is 25.0 Å². The lowest BCUT2D eigenvalue weighted by atomic mass is 10.0. The molecule has 1 atom stereocenters. The van der Waals surface area contributed by atoms with Crippen LogP contribution in [0.3, 0.4) is 0 Å². The summed E-state index contributed by atoms with van der Waals surface area (Å²) in [4.78, 5) is 28.1. The SMILES string of the molecule is Cc1ccc2c(CS(=O)(=O)CCC3CC3)c(F)ccc2c1Oc1ncccc1-c1ccnc(N[C@H]2CCCN(C(=O)OC(C)(C)C)C2)n1. The minimum absolute atomic E-state index is 0.0541. The Morgan fingerprint density at radius 2 is 1.83 bits per heavy atom. The molecule has 2 aliphatic rings. The summed E-state index contributed by atoms with van der Waals surface area (Å²) in [5.41, 5.74) is 1.54. The monoisotopic (exact) mass is 675 g/mol. The fourth-order valence-corrected chi connectivity index (χ4v) is 7.53. The van der Waals surface area contributed by atoms with E-state index in [1.807, 2.05) is 33.8 Å². The van der Waals surface area contributed by atoms with E-state index in [1.165, 1.54) is 6.07 Å². The summed E-state index contributed by atoms with van der Waals surface area (Å²) in [6.07, 6.45) is 7.34. The summed E-state index contributed by atoms with van der Waals surface area (Å²) >= 11 is 0. The van der Waals surface area contributed by atoms with Crippen molar-refractivity contribution in [3.63, 3.8) is 0 Å². The van der Waals surface area contributed by atoms with E-state index >= 15 is 4.39 Å². The van der Waals surface area contributed by atoms with Gasteiger partial charge in [-0.2, -0.15) is 0 Å². The predicted molar refractivity (Wildman–Crippen MR) is 183 cm³/mol. The first-order valence-corrected chi connectivity index (χ1v) is 18.3. The largest absolute Gasteiger partial charge is 0.444 e. The van der Waals surface area contributed by atoms with Crippen LogP contribution in [0.15, 0.2) is 54.9 Å². The number of aryl methyl sites for hydroxylation is 1. The molecule has 48 heavy (non-hydrogen) atoms. The Kier molecular flexibility index (Phi) is 9.55. The van der Waals surface area contributed by atoms with E-state index in [0.29, 0.717) is 59.2 Å². The smallest absolute Gasteiger partial charge is 0.410 e. The van der Waals surface area contributed by atoms with Crippen molar-refractivity contribution in [3.05, 3.63) is 71.8 Å². The zero-order chi connectivity index (χ0) is 34.1. The van der Waals surface area contributed by atoms with Crippen LogP contribution in [0, 0.1) is 18.7 Å². The number of aromatic nitrogens is 3. The molecule has 1 N–H and O–H groups in total. The molecule has 1 amide bonds. The number of nitrogens with zero attached hydrogens (tertiary/aromatic N) is 4. The average molecular weight is 676 g/mol. The van der Waals surface area contributed by atoms with E-state index < -0.39 is 21.3 Å². The van der Waals surface area contributed by atoms with Gasteiger partial charge in [0, 0.05) is 42.5 Å². The number of hydrogen-bond acceptors (Lipinski definition) is 9. The van der Waals surface area contributed by atoms with Crippen LogP contribution in [0.25, 0.3) is 22.0 Å². The third kappa shape index (κ3) is 8.21. The van der Waals surface area contributed by atoms with Crippen LogP contribution in [0.5, 0.6) is 11.6 Å². The number of halogens is 1. The summed E-state index contributed by atoms with van der Waals surface area (Å²) in [5, 5.41) is 4.46. The molecule has 0 radical (unpaired) electrons. The van der Waals surface area contributed by atoms with E-state index in [0.717, 1.165) is 31.2 Å². The van der Waals surface area contributed by atoms with Crippen molar-refractivity contribution in [1.29, 1.82) is 0 Å². The number of amides is 1. The van der Waals surface area contributed by atoms with Crippen molar-refractivity contribution >= 4 is 32.7 Å². The number of fused-ring (bicyclic) bond motifs is 1. The molecule has 1 saturated carbocycles. The van der Waals surface area contributed by atoms with Gasteiger partial charge in [-0.15, -0.1) is 0 Å². The Morgan fingerprint density at radius 1 is 1.04 bits per heavy atom. The van der Waals surface area contributed by atoms with E-state index in [-0.39, 0.29) is 35.1 Å². The number of piperidine rings is 1. The summed E-state index contributed by atoms with van der Waals surface area (Å²) in [7, 11) is -3.50. The van der Waals surface area contributed by atoms with Gasteiger partial charge in [0.15, 0.2) is 9.84 Å². The molecule has 10 nitrogen and oxygen atoms in total. The van der Waals surface area contributed by atoms with Crippen molar-refractivity contribution < 1.29 is 27.1 Å². The maximum absolute atomic E-state index is 15.2. The van der Waals surface area contributed by atoms with Gasteiger partial charge in [0.1, 0.15) is 17.2 Å². The first kappa shape index (κ1) is 33.6. The number of carbonyl (C=O) groups excluding carboxylic acids is 1. The molecule has 1 saturated heterocycles. The maximum atomic E-state index is 15.2. The molecule has 0 bridgehead atoms. The highest BCUT2D eigenvalue weighted by molar-refractivity contribution is 7.90. The van der Waals surface area contributed by atoms with Gasteiger partial charge in [-0.05, 0) is 94.2 Å². The molecule has 2 fully saturated rings. The Labute approximate surface area is 281 Å². The van der Waals surface area contributed by atoms with Crippen LogP contribution in [-0.4, -0.2) is 64.8 Å². The molecule has 2 aromatic carbocycles. The van der Waals surface area contributed by atoms with Crippen molar-refractivity contribution in [1.82, 2.24) is 19.9 Å². The number of carbonyl (C=O) groups is 1. The number of hydrogen-bond donors (Lipinski definition) is 1. The number of anilines is 1. The van der Waals surface area contributed by atoms with Crippen LogP contribution >= 0.6 is 0 Å². The number of ether oxygens (including phenoxy) is 2. The van der Waals surface area contributed by atoms with Crippen LogP contribution in [0.4, 0.5) is 15.1 Å². The molecule has 3 heterocycles. The highest BCUT2D eigenvalue weighted by Gasteiger charge is 2.29. The number of sulfone groups is 1. The van der Waals surface area contributed by atoms with E-state index in [9.17, 15) is 13.2 Å². The van der Waals surface area contributed by atoms with Gasteiger partial charge < -0.3 is 19.7 Å². The van der Waals surface area contributed by atoms with Crippen LogP contribution in [0.2, 0.25) is 0 Å². The second-order valence-corrected chi connectivity index (χ2v) is 16.0. The van der Waals surface area contributed by atoms with E-state index in [1.54, 1.807) is 47.6 Å². The molecule has 1 aliphatic heterocycles. The summed E-state index contributed by atoms with van der Waals surface area (Å²) in [6, 6.07) is 11.8. The van der Waals surface area contributed by atoms with Gasteiger partial charge >= 0.3 is 6.09 Å². The van der Waals surface area contributed by atoms with Gasteiger partial charge in [-0.3, -0.25) is 0 Å². The fourth-order valence-electron chi connectivity index (χ4n) is 5.96. The third-order valence-electron chi connectivity index (χ3n) is 8.61. The van der Waals surface area contributed by atoms with Gasteiger partial charge in [0.2, 0.25) is 11.8 Å². The maximum Gasteiger partial charge on any atom is 0.410 e. The minimum atomic E-state index is -3.50. The number of likely N-dealkylation sites (tertiary alicyclic amines) is 1. The molecule has 4 aromatic rings. The minimum Gasteiger partial charge on any atom is -0.444 e. The number of benzene rings is 2. The van der Waals surface area contributed by atoms with Gasteiger partial charge in [0.25, 0.3) is 0 Å². The van der Waals surface area contributed by atoms with Crippen LogP contribution < -0.4 is 10.1 Å². The molecular weight excluding hydrogens is 633 g/mol. The zero-order valence-electron chi connectivity index (χ0n) is 27.8. The highest BCUT2D eigenvalue weighted by atomic mass is 32.2. The Bertz CT molecular complexity index is 1930. The van der Waals surface area contributed by atoms with Gasteiger partial charge in [0.05, 0.1) is 22.8 Å². The van der Waals surface area contributed by atoms with Crippen LogP contribution in [0.1, 0.15) is 64.0 Å². The van der Waals surface area contributed by atoms with Crippen molar-refractivity contribution in [2.45, 2.75) is 77.2 Å². The van der Waals surface area contributed by atoms with Gasteiger partial charge in [-0.25, -0.2) is 32.6 Å². The predicted octanol–water partition coefficient (Wildman–Crippen LogP) is 7.46. The van der Waals surface area contributed by atoms with Crippen molar-refractivity contribution in [3.8, 4) is 22.9 Å². The fraction of sp³-hybridized carbons (Fsp3) is 0.444. The summed E-state index contributed by atoms with van der Waals surface area (Å²) < 4.78 is 53.2. The lowest BCUT2D eigenvalue weighted by molar-refractivity contribution is 0.0206. The second kappa shape index (κ2) is 13.7. The van der Waals surface area contributed by atoms with Crippen molar-refractivity contribution in [2.75, 3.05) is 24.2 Å². The standard InChI is InChI=1S/C36H42FN5O5S/c1-23-9-12-26-27(13-14-30(37)29(26)22-48(44,45)20-16-24-10-11-24)32(23)46-33-28(8-5-17-38-33)31-15-18-39-34(41-31)40-25-7-6-19-42(21-25)35(43)47-36(2,3)4/h5,8-9,12-15,17-18,24-25H,6-7,10-11,16,19-22H2,1-4H3,(H,39,40,41)/t25-/m0/s1. The van der Waals surface area contributed by atoms with Crippen molar-refractivity contribution in [2.24, 2.45) is 5.92 Å². The molecule has 6 rings (SSSR count). The Hall–Kier alpha value is -4.32. The number of nitrogens with one attached hydrogen (secondary N) is 1. The normalized spacial score (nSPS) is 16.9. The topological polar surface area (TPSA) is 124 Å². The van der Waals surface area contributed by atoms with E-state index in [4.69, 9.17) is 14.5 Å². The zero-order valence-corrected chi connectivity index (χ0v) is 28.6. The molecular formula is C36H42FN5O5S. The highest BCUT2D eigenvalue weighted by Crippen LogP contribution is 2.39. The molecule has 0 spiro atoms. The average Bonchev–Trinajstić information content (AvgIpc) is 3.87. The second-order valence-electron chi connectivity index (χ2n) is 13.8. The summed E-state index contributed by atoms with van der Waals surface area (Å²) in [5.74, 6) is 0.749. The molecule has 254 valence electrons. The lowest BCUT2D eigenvalue weighted by Crippen LogP contribution is -2.47. The first-order chi connectivity index (χ1) is 22.8. The summed E-state index contributed by atoms with van der Waals surface area (Å²) in [6.45, 7) is 8.52. The number of rotatable bonds is 10. The van der Waals surface area contributed by atoms with Crippen LogP contribution in [-0.2, 0) is 20.3 Å². The quantitative estimate of drug-likeness (QED) is 0.182. The lowest BCUT2D eigenvalue weighted by Gasteiger charge is -2.34. The number of pyridine rings is 1.